The van der Waals surface area contributed by atoms with Gasteiger partial charge in [0.2, 0.25) is 0 Å². The summed E-state index contributed by atoms with van der Waals surface area (Å²) in [5.74, 6) is 4.79. The van der Waals surface area contributed by atoms with Crippen molar-refractivity contribution in [3.63, 3.8) is 0 Å². The average molecular weight is 344 g/mol. The molecule has 6 nitrogen and oxygen atoms in total. The molecule has 1 saturated heterocycles. The Bertz CT molecular complexity index is 730. The van der Waals surface area contributed by atoms with Crippen molar-refractivity contribution in [2.75, 3.05) is 31.2 Å². The molecule has 0 spiro atoms. The standard InChI is InChI=1S/C19H28N4O2/c1-13-10-16(13)18-5-4-15(25-18)11-20-12-17-14(2)21-22(3)19(17)23-6-8-24-9-7-23/h4-5,13,16,20H,6-12H2,1-3H3. The van der Waals surface area contributed by atoms with Crippen LogP contribution in [0.25, 0.3) is 0 Å². The SMILES string of the molecule is Cc1nn(C)c(N2CCOCC2)c1CNCc1ccc(C2CC2C)o1. The molecule has 136 valence electrons. The van der Waals surface area contributed by atoms with Crippen molar-refractivity contribution in [2.24, 2.45) is 13.0 Å². The molecule has 0 aromatic carbocycles. The van der Waals surface area contributed by atoms with Crippen LogP contribution >= 0.6 is 0 Å². The molecule has 1 aliphatic carbocycles. The molecule has 0 bridgehead atoms. The van der Waals surface area contributed by atoms with E-state index in [-0.39, 0.29) is 0 Å². The highest BCUT2D eigenvalue weighted by Gasteiger charge is 2.36. The fourth-order valence-corrected chi connectivity index (χ4v) is 3.79. The molecule has 4 rings (SSSR count). The second-order valence-electron chi connectivity index (χ2n) is 7.34. The number of anilines is 1. The summed E-state index contributed by atoms with van der Waals surface area (Å²) >= 11 is 0. The lowest BCUT2D eigenvalue weighted by Gasteiger charge is -2.29. The first-order chi connectivity index (χ1) is 12.1. The summed E-state index contributed by atoms with van der Waals surface area (Å²) in [5.41, 5.74) is 2.36. The Morgan fingerprint density at radius 3 is 2.72 bits per heavy atom. The lowest BCUT2D eigenvalue weighted by atomic mass is 10.2. The van der Waals surface area contributed by atoms with Gasteiger partial charge in [0.15, 0.2) is 0 Å². The van der Waals surface area contributed by atoms with Gasteiger partial charge in [-0.2, -0.15) is 5.10 Å². The van der Waals surface area contributed by atoms with E-state index in [1.165, 1.54) is 17.8 Å². The zero-order chi connectivity index (χ0) is 17.4. The zero-order valence-corrected chi connectivity index (χ0v) is 15.4. The van der Waals surface area contributed by atoms with Crippen molar-refractivity contribution < 1.29 is 9.15 Å². The van der Waals surface area contributed by atoms with Crippen LogP contribution in [0.1, 0.15) is 42.0 Å². The minimum atomic E-state index is 0.641. The van der Waals surface area contributed by atoms with Gasteiger partial charge in [-0.15, -0.1) is 0 Å². The minimum absolute atomic E-state index is 0.641. The van der Waals surface area contributed by atoms with Gasteiger partial charge in [-0.1, -0.05) is 6.92 Å². The second kappa shape index (κ2) is 6.84. The first kappa shape index (κ1) is 16.7. The Kier molecular flexibility index (Phi) is 4.56. The Balaban J connectivity index is 1.39. The van der Waals surface area contributed by atoms with Crippen LogP contribution < -0.4 is 10.2 Å². The van der Waals surface area contributed by atoms with Crippen LogP contribution in [0.3, 0.4) is 0 Å². The Morgan fingerprint density at radius 2 is 2.00 bits per heavy atom. The molecule has 1 N–H and O–H groups in total. The number of aryl methyl sites for hydroxylation is 2. The van der Waals surface area contributed by atoms with Crippen molar-refractivity contribution in [2.45, 2.75) is 39.3 Å². The Labute approximate surface area is 149 Å². The third-order valence-corrected chi connectivity index (χ3v) is 5.38. The van der Waals surface area contributed by atoms with Gasteiger partial charge in [-0.05, 0) is 31.4 Å². The Hall–Kier alpha value is -1.79. The van der Waals surface area contributed by atoms with Crippen LogP contribution in [-0.2, 0) is 24.9 Å². The molecule has 3 heterocycles. The van der Waals surface area contributed by atoms with Crippen molar-refractivity contribution in [3.05, 3.63) is 34.9 Å². The van der Waals surface area contributed by atoms with E-state index in [2.05, 4.69) is 41.3 Å². The highest BCUT2D eigenvalue weighted by molar-refractivity contribution is 5.50. The summed E-state index contributed by atoms with van der Waals surface area (Å²) in [5, 5.41) is 8.16. The van der Waals surface area contributed by atoms with Gasteiger partial charge in [-0.25, -0.2) is 0 Å². The maximum atomic E-state index is 5.99. The molecule has 1 aliphatic heterocycles. The summed E-state index contributed by atoms with van der Waals surface area (Å²) in [7, 11) is 2.02. The van der Waals surface area contributed by atoms with Gasteiger partial charge >= 0.3 is 0 Å². The van der Waals surface area contributed by atoms with Crippen LogP contribution in [0, 0.1) is 12.8 Å². The summed E-state index contributed by atoms with van der Waals surface area (Å²) in [4.78, 5) is 2.37. The van der Waals surface area contributed by atoms with Crippen LogP contribution in [0.15, 0.2) is 16.5 Å². The van der Waals surface area contributed by atoms with Gasteiger partial charge < -0.3 is 19.4 Å². The molecule has 2 fully saturated rings. The number of morpholine rings is 1. The number of furan rings is 1. The molecule has 6 heteroatoms. The van der Waals surface area contributed by atoms with Crippen LogP contribution in [0.2, 0.25) is 0 Å². The molecule has 1 saturated carbocycles. The number of ether oxygens (including phenoxy) is 1. The maximum absolute atomic E-state index is 5.99. The van der Waals surface area contributed by atoms with Crippen molar-refractivity contribution >= 4 is 5.82 Å². The predicted octanol–water partition coefficient (Wildman–Crippen LogP) is 2.57. The van der Waals surface area contributed by atoms with Gasteiger partial charge in [-0.3, -0.25) is 4.68 Å². The monoisotopic (exact) mass is 344 g/mol. The van der Waals surface area contributed by atoms with Crippen LogP contribution in [-0.4, -0.2) is 36.1 Å². The molecule has 0 radical (unpaired) electrons. The third kappa shape index (κ3) is 3.46. The van der Waals surface area contributed by atoms with E-state index < -0.39 is 0 Å². The first-order valence-electron chi connectivity index (χ1n) is 9.28. The predicted molar refractivity (Wildman–Crippen MR) is 96.8 cm³/mol. The van der Waals surface area contributed by atoms with E-state index in [4.69, 9.17) is 9.15 Å². The van der Waals surface area contributed by atoms with E-state index in [1.54, 1.807) is 0 Å². The van der Waals surface area contributed by atoms with Crippen LogP contribution in [0.4, 0.5) is 5.82 Å². The van der Waals surface area contributed by atoms with Crippen molar-refractivity contribution in [1.29, 1.82) is 0 Å². The fraction of sp³-hybridized carbons (Fsp3) is 0.632. The number of hydrogen-bond donors (Lipinski definition) is 1. The first-order valence-corrected chi connectivity index (χ1v) is 9.28. The van der Waals surface area contributed by atoms with Crippen molar-refractivity contribution in [3.8, 4) is 0 Å². The highest BCUT2D eigenvalue weighted by atomic mass is 16.5. The molecule has 2 aromatic rings. The molecule has 2 atom stereocenters. The fourth-order valence-electron chi connectivity index (χ4n) is 3.79. The van der Waals surface area contributed by atoms with E-state index >= 15 is 0 Å². The summed E-state index contributed by atoms with van der Waals surface area (Å²) in [6.45, 7) is 9.32. The highest BCUT2D eigenvalue weighted by Crippen LogP contribution is 2.47. The summed E-state index contributed by atoms with van der Waals surface area (Å²) < 4.78 is 13.5. The van der Waals surface area contributed by atoms with Crippen LogP contribution in [0.5, 0.6) is 0 Å². The molecule has 25 heavy (non-hydrogen) atoms. The average Bonchev–Trinajstić information content (AvgIpc) is 3.03. The number of hydrogen-bond acceptors (Lipinski definition) is 5. The van der Waals surface area contributed by atoms with Gasteiger partial charge in [0.05, 0.1) is 25.5 Å². The van der Waals surface area contributed by atoms with Gasteiger partial charge in [0.1, 0.15) is 17.3 Å². The normalized spacial score (nSPS) is 23.2. The second-order valence-corrected chi connectivity index (χ2v) is 7.34. The minimum Gasteiger partial charge on any atom is -0.464 e. The van der Waals surface area contributed by atoms with Gasteiger partial charge in [0.25, 0.3) is 0 Å². The molecule has 0 amide bonds. The maximum Gasteiger partial charge on any atom is 0.131 e. The molecule has 2 aliphatic rings. The number of nitrogens with zero attached hydrogens (tertiary/aromatic N) is 3. The Morgan fingerprint density at radius 1 is 1.24 bits per heavy atom. The number of aromatic nitrogens is 2. The smallest absolute Gasteiger partial charge is 0.131 e. The molecule has 2 unspecified atom stereocenters. The van der Waals surface area contributed by atoms with E-state index in [0.717, 1.165) is 62.5 Å². The lowest BCUT2D eigenvalue weighted by molar-refractivity contribution is 0.122. The lowest BCUT2D eigenvalue weighted by Crippen LogP contribution is -2.38. The summed E-state index contributed by atoms with van der Waals surface area (Å²) in [6.07, 6.45) is 1.26. The van der Waals surface area contributed by atoms with Gasteiger partial charge in [0, 0.05) is 38.2 Å². The molecular weight excluding hydrogens is 316 g/mol. The number of nitrogens with one attached hydrogen (secondary N) is 1. The third-order valence-electron chi connectivity index (χ3n) is 5.38. The molecule has 2 aromatic heterocycles. The zero-order valence-electron chi connectivity index (χ0n) is 15.4. The molecular formula is C19H28N4O2. The van der Waals surface area contributed by atoms with E-state index in [1.807, 2.05) is 11.7 Å². The summed E-state index contributed by atoms with van der Waals surface area (Å²) in [6, 6.07) is 4.24. The van der Waals surface area contributed by atoms with E-state index in [0.29, 0.717) is 5.92 Å². The largest absolute Gasteiger partial charge is 0.464 e. The number of rotatable bonds is 6. The quantitative estimate of drug-likeness (QED) is 0.873. The topological polar surface area (TPSA) is 55.5 Å². The van der Waals surface area contributed by atoms with Crippen molar-refractivity contribution in [1.82, 2.24) is 15.1 Å². The van der Waals surface area contributed by atoms with E-state index in [9.17, 15) is 0 Å².